The first kappa shape index (κ1) is 10.7. The van der Waals surface area contributed by atoms with Gasteiger partial charge in [0.15, 0.2) is 5.82 Å². The van der Waals surface area contributed by atoms with Gasteiger partial charge in [-0.15, -0.1) is 0 Å². The van der Waals surface area contributed by atoms with E-state index in [0.717, 1.165) is 5.69 Å². The summed E-state index contributed by atoms with van der Waals surface area (Å²) in [6.07, 6.45) is 1.50. The number of nitrogens with two attached hydrogens (primary N) is 1. The van der Waals surface area contributed by atoms with Crippen LogP contribution in [0.5, 0.6) is 0 Å². The van der Waals surface area contributed by atoms with E-state index in [1.54, 1.807) is 13.0 Å². The summed E-state index contributed by atoms with van der Waals surface area (Å²) in [6, 6.07) is 1.75. The summed E-state index contributed by atoms with van der Waals surface area (Å²) in [5.41, 5.74) is 7.68. The monoisotopic (exact) mass is 239 g/mol. The van der Waals surface area contributed by atoms with Crippen LogP contribution in [-0.2, 0) is 6.54 Å². The third-order valence-corrected chi connectivity index (χ3v) is 2.21. The van der Waals surface area contributed by atoms with Crippen molar-refractivity contribution in [2.45, 2.75) is 13.5 Å². The lowest BCUT2D eigenvalue weighted by atomic mass is 10.3. The van der Waals surface area contributed by atoms with Crippen LogP contribution in [0.25, 0.3) is 0 Å². The summed E-state index contributed by atoms with van der Waals surface area (Å²) in [5, 5.41) is 6.93. The Bertz CT molecular complexity index is 485. The third kappa shape index (κ3) is 2.22. The van der Waals surface area contributed by atoms with Crippen molar-refractivity contribution in [3.63, 3.8) is 0 Å². The first-order chi connectivity index (χ1) is 7.66. The zero-order valence-electron chi connectivity index (χ0n) is 8.57. The van der Waals surface area contributed by atoms with E-state index >= 15 is 0 Å². The average molecular weight is 240 g/mol. The van der Waals surface area contributed by atoms with Gasteiger partial charge < -0.3 is 15.6 Å². The molecule has 2 heterocycles. The fraction of sp³-hybridized carbons (Fsp3) is 0.222. The van der Waals surface area contributed by atoms with Crippen molar-refractivity contribution in [3.05, 3.63) is 29.0 Å². The molecule has 0 spiro atoms. The normalized spacial score (nSPS) is 10.4. The van der Waals surface area contributed by atoms with Crippen LogP contribution in [0, 0.1) is 6.92 Å². The van der Waals surface area contributed by atoms with E-state index in [0.29, 0.717) is 23.7 Å². The van der Waals surface area contributed by atoms with Crippen LogP contribution < -0.4 is 11.1 Å². The molecule has 0 atom stereocenters. The number of nitrogens with one attached hydrogen (secondary N) is 1. The molecule has 0 saturated carbocycles. The number of nitrogen functional groups attached to an aromatic ring is 1. The molecule has 0 fully saturated rings. The van der Waals surface area contributed by atoms with Crippen LogP contribution in [0.15, 0.2) is 16.9 Å². The van der Waals surface area contributed by atoms with Crippen LogP contribution in [0.2, 0.25) is 5.28 Å². The highest BCUT2D eigenvalue weighted by molar-refractivity contribution is 6.28. The Balaban J connectivity index is 2.15. The Morgan fingerprint density at radius 2 is 2.31 bits per heavy atom. The maximum absolute atomic E-state index is 5.80. The zero-order valence-corrected chi connectivity index (χ0v) is 9.32. The summed E-state index contributed by atoms with van der Waals surface area (Å²) in [6.45, 7) is 2.23. The maximum Gasteiger partial charge on any atom is 0.224 e. The second-order valence-corrected chi connectivity index (χ2v) is 3.52. The van der Waals surface area contributed by atoms with Crippen LogP contribution >= 0.6 is 11.6 Å². The van der Waals surface area contributed by atoms with Gasteiger partial charge >= 0.3 is 0 Å². The smallest absolute Gasteiger partial charge is 0.224 e. The van der Waals surface area contributed by atoms with Crippen molar-refractivity contribution in [3.8, 4) is 0 Å². The maximum atomic E-state index is 5.80. The van der Waals surface area contributed by atoms with Crippen LogP contribution in [0.4, 0.5) is 11.5 Å². The fourth-order valence-electron chi connectivity index (χ4n) is 1.19. The lowest BCUT2D eigenvalue weighted by Gasteiger charge is -2.08. The Hall–Kier alpha value is -1.82. The predicted molar refractivity (Wildman–Crippen MR) is 60.0 cm³/mol. The summed E-state index contributed by atoms with van der Waals surface area (Å²) in [4.78, 5) is 7.93. The standard InChI is InChI=1S/C9H10ClN5O/c1-5-7(11)8(14-9(10)13-5)12-4-6-2-3-16-15-6/h2-3H,4,11H2,1H3,(H,12,13,14). The largest absolute Gasteiger partial charge is 0.394 e. The quantitative estimate of drug-likeness (QED) is 0.791. The molecule has 16 heavy (non-hydrogen) atoms. The minimum atomic E-state index is 0.161. The minimum absolute atomic E-state index is 0.161. The molecule has 0 bridgehead atoms. The molecule has 0 unspecified atom stereocenters. The van der Waals surface area contributed by atoms with Gasteiger partial charge in [-0.3, -0.25) is 0 Å². The SMILES string of the molecule is Cc1nc(Cl)nc(NCc2ccon2)c1N. The molecule has 0 aliphatic carbocycles. The fourth-order valence-corrected chi connectivity index (χ4v) is 1.40. The van der Waals surface area contributed by atoms with Gasteiger partial charge in [-0.2, -0.15) is 4.98 Å². The molecule has 0 saturated heterocycles. The van der Waals surface area contributed by atoms with E-state index in [-0.39, 0.29) is 5.28 Å². The van der Waals surface area contributed by atoms with E-state index in [1.807, 2.05) is 0 Å². The highest BCUT2D eigenvalue weighted by Crippen LogP contribution is 2.20. The molecule has 84 valence electrons. The first-order valence-corrected chi connectivity index (χ1v) is 4.97. The molecular weight excluding hydrogens is 230 g/mol. The highest BCUT2D eigenvalue weighted by atomic mass is 35.5. The molecule has 0 aromatic carbocycles. The second-order valence-electron chi connectivity index (χ2n) is 3.18. The molecule has 6 nitrogen and oxygen atoms in total. The number of hydrogen-bond donors (Lipinski definition) is 2. The number of rotatable bonds is 3. The summed E-state index contributed by atoms with van der Waals surface area (Å²) >= 11 is 5.73. The van der Waals surface area contributed by atoms with Crippen molar-refractivity contribution in [1.82, 2.24) is 15.1 Å². The van der Waals surface area contributed by atoms with Gasteiger partial charge in [-0.1, -0.05) is 5.16 Å². The van der Waals surface area contributed by atoms with Gasteiger partial charge in [-0.25, -0.2) is 4.98 Å². The molecule has 2 rings (SSSR count). The van der Waals surface area contributed by atoms with E-state index in [4.69, 9.17) is 21.9 Å². The Morgan fingerprint density at radius 3 is 3.00 bits per heavy atom. The zero-order chi connectivity index (χ0) is 11.5. The molecule has 0 aliphatic heterocycles. The van der Waals surface area contributed by atoms with Crippen molar-refractivity contribution in [2.75, 3.05) is 11.1 Å². The lowest BCUT2D eigenvalue weighted by Crippen LogP contribution is -2.07. The number of halogens is 1. The topological polar surface area (TPSA) is 89.9 Å². The van der Waals surface area contributed by atoms with Crippen LogP contribution in [0.1, 0.15) is 11.4 Å². The number of aryl methyl sites for hydroxylation is 1. The Morgan fingerprint density at radius 1 is 1.50 bits per heavy atom. The van der Waals surface area contributed by atoms with Gasteiger partial charge in [0, 0.05) is 6.07 Å². The lowest BCUT2D eigenvalue weighted by molar-refractivity contribution is 0.412. The van der Waals surface area contributed by atoms with Gasteiger partial charge in [0.2, 0.25) is 5.28 Å². The van der Waals surface area contributed by atoms with E-state index in [1.165, 1.54) is 6.26 Å². The molecule has 2 aromatic rings. The molecule has 0 aliphatic rings. The third-order valence-electron chi connectivity index (χ3n) is 2.04. The van der Waals surface area contributed by atoms with Gasteiger partial charge in [0.25, 0.3) is 0 Å². The van der Waals surface area contributed by atoms with Gasteiger partial charge in [0.1, 0.15) is 12.0 Å². The van der Waals surface area contributed by atoms with Crippen molar-refractivity contribution in [2.24, 2.45) is 0 Å². The van der Waals surface area contributed by atoms with E-state index in [9.17, 15) is 0 Å². The second kappa shape index (κ2) is 4.36. The van der Waals surface area contributed by atoms with Crippen molar-refractivity contribution in [1.29, 1.82) is 0 Å². The highest BCUT2D eigenvalue weighted by Gasteiger charge is 2.07. The van der Waals surface area contributed by atoms with Crippen molar-refractivity contribution < 1.29 is 4.52 Å². The molecule has 3 N–H and O–H groups in total. The summed E-state index contributed by atoms with van der Waals surface area (Å²) in [7, 11) is 0. The van der Waals surface area contributed by atoms with Gasteiger partial charge in [-0.05, 0) is 18.5 Å². The molecular formula is C9H10ClN5O. The predicted octanol–water partition coefficient (Wildman–Crippen LogP) is 1.62. The van der Waals surface area contributed by atoms with Gasteiger partial charge in [0.05, 0.1) is 17.9 Å². The van der Waals surface area contributed by atoms with E-state index in [2.05, 4.69) is 20.4 Å². The number of nitrogens with zero attached hydrogens (tertiary/aromatic N) is 3. The van der Waals surface area contributed by atoms with Crippen molar-refractivity contribution >= 4 is 23.1 Å². The first-order valence-electron chi connectivity index (χ1n) is 4.59. The molecule has 2 aromatic heterocycles. The molecule has 7 heteroatoms. The molecule has 0 amide bonds. The Kier molecular flexibility index (Phi) is 2.91. The average Bonchev–Trinajstić information content (AvgIpc) is 2.74. The van der Waals surface area contributed by atoms with Crippen LogP contribution in [-0.4, -0.2) is 15.1 Å². The number of hydrogen-bond acceptors (Lipinski definition) is 6. The Labute approximate surface area is 96.8 Å². The minimum Gasteiger partial charge on any atom is -0.394 e. The summed E-state index contributed by atoms with van der Waals surface area (Å²) < 4.78 is 4.70. The molecule has 0 radical (unpaired) electrons. The van der Waals surface area contributed by atoms with Crippen LogP contribution in [0.3, 0.4) is 0 Å². The number of anilines is 2. The number of aromatic nitrogens is 3. The summed E-state index contributed by atoms with van der Waals surface area (Å²) in [5.74, 6) is 0.500. The van der Waals surface area contributed by atoms with E-state index < -0.39 is 0 Å².